The molecule has 2 N–H and O–H groups in total. The van der Waals surface area contributed by atoms with Crippen LogP contribution in [-0.4, -0.2) is 36.5 Å². The molecule has 0 aromatic heterocycles. The van der Waals surface area contributed by atoms with Crippen molar-refractivity contribution in [3.8, 4) is 0 Å². The molecule has 1 heterocycles. The van der Waals surface area contributed by atoms with Crippen molar-refractivity contribution in [2.75, 3.05) is 19.8 Å². The Morgan fingerprint density at radius 2 is 1.85 bits per heavy atom. The zero-order valence-corrected chi connectivity index (χ0v) is 13.4. The summed E-state index contributed by atoms with van der Waals surface area (Å²) in [6.07, 6.45) is 10.7. The molecule has 0 radical (unpaired) electrons. The highest BCUT2D eigenvalue weighted by molar-refractivity contribution is 4.91. The van der Waals surface area contributed by atoms with Crippen molar-refractivity contribution in [1.29, 1.82) is 0 Å². The van der Waals surface area contributed by atoms with E-state index in [1.807, 2.05) is 0 Å². The summed E-state index contributed by atoms with van der Waals surface area (Å²) < 4.78 is 6.05. The van der Waals surface area contributed by atoms with Crippen LogP contribution in [0.25, 0.3) is 0 Å². The molecule has 2 fully saturated rings. The molecule has 0 aromatic rings. The van der Waals surface area contributed by atoms with E-state index in [0.717, 1.165) is 38.8 Å². The Bertz CT molecular complexity index is 283. The molecule has 1 saturated heterocycles. The van der Waals surface area contributed by atoms with Gasteiger partial charge in [0.05, 0.1) is 5.60 Å². The molecule has 20 heavy (non-hydrogen) atoms. The fraction of sp³-hybridized carbons (Fsp3) is 1.00. The van der Waals surface area contributed by atoms with E-state index in [1.54, 1.807) is 0 Å². The predicted octanol–water partition coefficient (Wildman–Crippen LogP) is 3.26. The molecule has 2 rings (SSSR count). The minimum atomic E-state index is 0.0921. The van der Waals surface area contributed by atoms with Crippen LogP contribution in [0.2, 0.25) is 0 Å². The Balaban J connectivity index is 1.86. The van der Waals surface area contributed by atoms with Crippen LogP contribution in [0.4, 0.5) is 0 Å². The first-order valence-electron chi connectivity index (χ1n) is 8.66. The molecule has 3 heteroatoms. The maximum Gasteiger partial charge on any atom is 0.0692 e. The van der Waals surface area contributed by atoms with E-state index in [0.29, 0.717) is 12.6 Å². The van der Waals surface area contributed by atoms with E-state index in [4.69, 9.17) is 4.74 Å². The lowest BCUT2D eigenvalue weighted by Crippen LogP contribution is -2.50. The quantitative estimate of drug-likeness (QED) is 0.786. The Morgan fingerprint density at radius 1 is 1.15 bits per heavy atom. The summed E-state index contributed by atoms with van der Waals surface area (Å²) in [4.78, 5) is 0. The van der Waals surface area contributed by atoms with Gasteiger partial charge in [-0.15, -0.1) is 0 Å². The lowest BCUT2D eigenvalue weighted by Gasteiger charge is -2.42. The van der Waals surface area contributed by atoms with E-state index < -0.39 is 0 Å². The third-order valence-corrected chi connectivity index (χ3v) is 5.80. The zero-order valence-electron chi connectivity index (χ0n) is 13.4. The first kappa shape index (κ1) is 16.3. The molecule has 1 aliphatic carbocycles. The molecule has 1 unspecified atom stereocenters. The standard InChI is InChI=1S/C17H33NO2/c1-3-17(4-2)12-15(8-11-20-17)18-13-16(14-19)9-6-5-7-10-16/h15,18-19H,3-14H2,1-2H3. The lowest BCUT2D eigenvalue weighted by molar-refractivity contribution is -0.0945. The SMILES string of the molecule is CCC1(CC)CC(NCC2(CO)CCCCC2)CCO1. The molecule has 0 bridgehead atoms. The Kier molecular flexibility index (Phi) is 5.88. The van der Waals surface area contributed by atoms with Gasteiger partial charge in [0.1, 0.15) is 0 Å². The van der Waals surface area contributed by atoms with Crippen LogP contribution < -0.4 is 5.32 Å². The summed E-state index contributed by atoms with van der Waals surface area (Å²) in [6.45, 7) is 6.68. The number of ether oxygens (including phenoxy) is 1. The summed E-state index contributed by atoms with van der Waals surface area (Å²) in [5.41, 5.74) is 0.243. The third-order valence-electron chi connectivity index (χ3n) is 5.80. The van der Waals surface area contributed by atoms with Crippen molar-refractivity contribution in [3.05, 3.63) is 0 Å². The van der Waals surface area contributed by atoms with Gasteiger partial charge in [-0.25, -0.2) is 0 Å². The van der Waals surface area contributed by atoms with Crippen molar-refractivity contribution in [2.45, 2.75) is 83.3 Å². The molecule has 0 amide bonds. The van der Waals surface area contributed by atoms with Crippen LogP contribution in [0, 0.1) is 5.41 Å². The van der Waals surface area contributed by atoms with Gasteiger partial charge in [0.2, 0.25) is 0 Å². The first-order valence-corrected chi connectivity index (χ1v) is 8.66. The number of nitrogens with one attached hydrogen (secondary N) is 1. The lowest BCUT2D eigenvalue weighted by atomic mass is 9.74. The fourth-order valence-electron chi connectivity index (χ4n) is 4.00. The minimum absolute atomic E-state index is 0.0921. The normalized spacial score (nSPS) is 29.2. The van der Waals surface area contributed by atoms with Gasteiger partial charge in [0.25, 0.3) is 0 Å². The van der Waals surface area contributed by atoms with Crippen LogP contribution in [0.3, 0.4) is 0 Å². The topological polar surface area (TPSA) is 41.5 Å². The molecule has 2 aliphatic rings. The zero-order chi connectivity index (χ0) is 14.5. The van der Waals surface area contributed by atoms with Gasteiger partial charge < -0.3 is 15.2 Å². The maximum absolute atomic E-state index is 9.80. The number of rotatable bonds is 6. The molecular formula is C17H33NO2. The Labute approximate surface area is 124 Å². The van der Waals surface area contributed by atoms with Gasteiger partial charge in [-0.05, 0) is 38.5 Å². The Morgan fingerprint density at radius 3 is 2.45 bits per heavy atom. The monoisotopic (exact) mass is 283 g/mol. The molecule has 3 nitrogen and oxygen atoms in total. The first-order chi connectivity index (χ1) is 9.67. The van der Waals surface area contributed by atoms with Crippen molar-refractivity contribution in [3.63, 3.8) is 0 Å². The molecule has 1 aliphatic heterocycles. The summed E-state index contributed by atoms with van der Waals surface area (Å²) in [5, 5.41) is 13.6. The van der Waals surface area contributed by atoms with Gasteiger partial charge in [-0.3, -0.25) is 0 Å². The van der Waals surface area contributed by atoms with E-state index in [9.17, 15) is 5.11 Å². The number of hydrogen-bond donors (Lipinski definition) is 2. The number of aliphatic hydroxyl groups excluding tert-OH is 1. The molecule has 118 valence electrons. The van der Waals surface area contributed by atoms with Gasteiger partial charge in [-0.1, -0.05) is 33.1 Å². The predicted molar refractivity (Wildman–Crippen MR) is 82.9 cm³/mol. The summed E-state index contributed by atoms with van der Waals surface area (Å²) >= 11 is 0. The second-order valence-corrected chi connectivity index (χ2v) is 7.03. The van der Waals surface area contributed by atoms with Crippen molar-refractivity contribution in [1.82, 2.24) is 5.32 Å². The third kappa shape index (κ3) is 3.75. The Hall–Kier alpha value is -0.120. The number of aliphatic hydroxyl groups is 1. The summed E-state index contributed by atoms with van der Waals surface area (Å²) in [7, 11) is 0. The van der Waals surface area contributed by atoms with Crippen LogP contribution in [0.5, 0.6) is 0 Å². The van der Waals surface area contributed by atoms with E-state index in [-0.39, 0.29) is 11.0 Å². The van der Waals surface area contributed by atoms with Crippen molar-refractivity contribution >= 4 is 0 Å². The minimum Gasteiger partial charge on any atom is -0.396 e. The van der Waals surface area contributed by atoms with Crippen LogP contribution in [0.1, 0.15) is 71.6 Å². The smallest absolute Gasteiger partial charge is 0.0692 e. The molecule has 1 atom stereocenters. The van der Waals surface area contributed by atoms with E-state index in [2.05, 4.69) is 19.2 Å². The molecule has 0 spiro atoms. The van der Waals surface area contributed by atoms with Crippen molar-refractivity contribution in [2.24, 2.45) is 5.41 Å². The highest BCUT2D eigenvalue weighted by atomic mass is 16.5. The fourth-order valence-corrected chi connectivity index (χ4v) is 4.00. The summed E-state index contributed by atoms with van der Waals surface area (Å²) in [5.74, 6) is 0. The summed E-state index contributed by atoms with van der Waals surface area (Å²) in [6, 6.07) is 0.564. The molecule has 1 saturated carbocycles. The average molecular weight is 283 g/mol. The van der Waals surface area contributed by atoms with Crippen LogP contribution >= 0.6 is 0 Å². The van der Waals surface area contributed by atoms with E-state index >= 15 is 0 Å². The molecular weight excluding hydrogens is 250 g/mol. The van der Waals surface area contributed by atoms with Gasteiger partial charge in [0.15, 0.2) is 0 Å². The van der Waals surface area contributed by atoms with Crippen molar-refractivity contribution < 1.29 is 9.84 Å². The highest BCUT2D eigenvalue weighted by Gasteiger charge is 2.36. The van der Waals surface area contributed by atoms with Gasteiger partial charge in [-0.2, -0.15) is 0 Å². The second kappa shape index (κ2) is 7.24. The largest absolute Gasteiger partial charge is 0.396 e. The second-order valence-electron chi connectivity index (χ2n) is 7.03. The van der Waals surface area contributed by atoms with Gasteiger partial charge in [0, 0.05) is 31.2 Å². The van der Waals surface area contributed by atoms with Crippen LogP contribution in [-0.2, 0) is 4.74 Å². The maximum atomic E-state index is 9.80. The van der Waals surface area contributed by atoms with E-state index in [1.165, 1.54) is 32.1 Å². The number of hydrogen-bond acceptors (Lipinski definition) is 3. The van der Waals surface area contributed by atoms with Crippen LogP contribution in [0.15, 0.2) is 0 Å². The average Bonchev–Trinajstić information content (AvgIpc) is 2.54. The molecule has 0 aromatic carbocycles. The highest BCUT2D eigenvalue weighted by Crippen LogP contribution is 2.36. The van der Waals surface area contributed by atoms with Gasteiger partial charge >= 0.3 is 0 Å².